The van der Waals surface area contributed by atoms with E-state index in [0.717, 1.165) is 29.1 Å². The first-order valence-corrected chi connectivity index (χ1v) is 7.53. The van der Waals surface area contributed by atoms with Crippen molar-refractivity contribution in [1.29, 1.82) is 0 Å². The molecule has 5 heteroatoms. The number of fused-ring (bicyclic) bond motifs is 1. The molecule has 2 heterocycles. The van der Waals surface area contributed by atoms with Crippen LogP contribution in [0.5, 0.6) is 5.75 Å². The lowest BCUT2D eigenvalue weighted by molar-refractivity contribution is 0.195. The molecule has 1 aromatic carbocycles. The lowest BCUT2D eigenvalue weighted by atomic mass is 9.98. The van der Waals surface area contributed by atoms with Gasteiger partial charge in [0.15, 0.2) is 4.77 Å². The summed E-state index contributed by atoms with van der Waals surface area (Å²) in [6, 6.07) is 6.09. The highest BCUT2D eigenvalue weighted by atomic mass is 32.1. The largest absolute Gasteiger partial charge is 0.497 e. The van der Waals surface area contributed by atoms with Crippen molar-refractivity contribution in [3.63, 3.8) is 0 Å². The van der Waals surface area contributed by atoms with E-state index in [9.17, 15) is 0 Å². The van der Waals surface area contributed by atoms with Gasteiger partial charge in [0.1, 0.15) is 5.75 Å². The van der Waals surface area contributed by atoms with E-state index < -0.39 is 0 Å². The molecule has 0 spiro atoms. The SMILES string of the molecule is COc1ccc2c(c1)[nH]c(=S)n2CC1CCCN(C)C1. The number of piperidine rings is 1. The molecule has 20 heavy (non-hydrogen) atoms. The predicted octanol–water partition coefficient (Wildman–Crippen LogP) is 3.05. The average molecular weight is 291 g/mol. The minimum atomic E-state index is 0.682. The number of nitrogens with one attached hydrogen (secondary N) is 1. The van der Waals surface area contributed by atoms with Gasteiger partial charge in [-0.25, -0.2) is 0 Å². The number of nitrogens with zero attached hydrogens (tertiary/aromatic N) is 2. The standard InChI is InChI=1S/C15H21N3OS/c1-17-7-3-4-11(9-17)10-18-14-6-5-12(19-2)8-13(14)16-15(18)20/h5-6,8,11H,3-4,7,9-10H2,1-2H3,(H,16,20). The molecule has 4 nitrogen and oxygen atoms in total. The van der Waals surface area contributed by atoms with Gasteiger partial charge in [0, 0.05) is 19.2 Å². The maximum absolute atomic E-state index is 5.48. The van der Waals surface area contributed by atoms with Crippen LogP contribution in [0.15, 0.2) is 18.2 Å². The van der Waals surface area contributed by atoms with E-state index in [1.165, 1.54) is 24.9 Å². The summed E-state index contributed by atoms with van der Waals surface area (Å²) in [5.41, 5.74) is 2.22. The molecule has 0 saturated carbocycles. The van der Waals surface area contributed by atoms with Gasteiger partial charge in [-0.2, -0.15) is 0 Å². The topological polar surface area (TPSA) is 33.2 Å². The van der Waals surface area contributed by atoms with Gasteiger partial charge in [-0.15, -0.1) is 0 Å². The molecule has 1 aliphatic rings. The van der Waals surface area contributed by atoms with Crippen LogP contribution in [0, 0.1) is 10.7 Å². The second kappa shape index (κ2) is 5.58. The fourth-order valence-corrected chi connectivity index (χ4v) is 3.41. The van der Waals surface area contributed by atoms with Crippen molar-refractivity contribution in [1.82, 2.24) is 14.5 Å². The summed E-state index contributed by atoms with van der Waals surface area (Å²) in [7, 11) is 3.89. The molecule has 1 N–H and O–H groups in total. The Balaban J connectivity index is 1.91. The number of aromatic amines is 1. The quantitative estimate of drug-likeness (QED) is 0.882. The van der Waals surface area contributed by atoms with Crippen LogP contribution in [0.1, 0.15) is 12.8 Å². The molecule has 0 bridgehead atoms. The molecule has 1 aromatic heterocycles. The number of hydrogen-bond acceptors (Lipinski definition) is 3. The van der Waals surface area contributed by atoms with Crippen LogP contribution in [0.3, 0.4) is 0 Å². The summed E-state index contributed by atoms with van der Waals surface area (Å²) in [5.74, 6) is 1.54. The third-order valence-corrected chi connectivity index (χ3v) is 4.47. The monoisotopic (exact) mass is 291 g/mol. The highest BCUT2D eigenvalue weighted by molar-refractivity contribution is 7.71. The fraction of sp³-hybridized carbons (Fsp3) is 0.533. The zero-order valence-corrected chi connectivity index (χ0v) is 12.9. The Morgan fingerprint density at radius 1 is 1.45 bits per heavy atom. The molecular formula is C15H21N3OS. The fourth-order valence-electron chi connectivity index (χ4n) is 3.13. The van der Waals surface area contributed by atoms with Gasteiger partial charge < -0.3 is 19.2 Å². The Morgan fingerprint density at radius 2 is 2.30 bits per heavy atom. The molecule has 108 valence electrons. The van der Waals surface area contributed by atoms with Crippen molar-refractivity contribution in [3.05, 3.63) is 23.0 Å². The molecule has 1 atom stereocenters. The maximum atomic E-state index is 5.48. The van der Waals surface area contributed by atoms with E-state index in [-0.39, 0.29) is 0 Å². The van der Waals surface area contributed by atoms with E-state index in [4.69, 9.17) is 17.0 Å². The summed E-state index contributed by atoms with van der Waals surface area (Å²) in [5, 5.41) is 0. The van der Waals surface area contributed by atoms with Crippen LogP contribution in [-0.4, -0.2) is 41.7 Å². The van der Waals surface area contributed by atoms with Gasteiger partial charge in [-0.1, -0.05) is 0 Å². The Kier molecular flexibility index (Phi) is 3.81. The van der Waals surface area contributed by atoms with Crippen LogP contribution in [0.2, 0.25) is 0 Å². The van der Waals surface area contributed by atoms with E-state index in [1.807, 2.05) is 12.1 Å². The third kappa shape index (κ3) is 2.60. The summed E-state index contributed by atoms with van der Waals surface area (Å²) < 4.78 is 8.30. The number of methoxy groups -OCH3 is 1. The lowest BCUT2D eigenvalue weighted by Crippen LogP contribution is -2.34. The molecule has 1 fully saturated rings. The number of ether oxygens (including phenoxy) is 1. The van der Waals surface area contributed by atoms with E-state index in [0.29, 0.717) is 5.92 Å². The van der Waals surface area contributed by atoms with Gasteiger partial charge in [-0.05, 0) is 56.7 Å². The van der Waals surface area contributed by atoms with Crippen LogP contribution in [0.25, 0.3) is 11.0 Å². The minimum absolute atomic E-state index is 0.682. The van der Waals surface area contributed by atoms with Crippen molar-refractivity contribution < 1.29 is 4.74 Å². The summed E-state index contributed by atoms with van der Waals surface area (Å²) >= 11 is 5.48. The number of aromatic nitrogens is 2. The van der Waals surface area contributed by atoms with Gasteiger partial charge in [0.2, 0.25) is 0 Å². The number of H-pyrrole nitrogens is 1. The van der Waals surface area contributed by atoms with E-state index in [1.54, 1.807) is 7.11 Å². The number of rotatable bonds is 3. The highest BCUT2D eigenvalue weighted by Crippen LogP contribution is 2.23. The summed E-state index contributed by atoms with van der Waals surface area (Å²) in [6.07, 6.45) is 2.57. The van der Waals surface area contributed by atoms with Crippen molar-refractivity contribution in [2.45, 2.75) is 19.4 Å². The predicted molar refractivity (Wildman–Crippen MR) is 83.9 cm³/mol. The average Bonchev–Trinajstić information content (AvgIpc) is 2.74. The minimum Gasteiger partial charge on any atom is -0.497 e. The molecule has 1 aliphatic heterocycles. The normalized spacial score (nSPS) is 20.4. The molecule has 0 radical (unpaired) electrons. The van der Waals surface area contributed by atoms with Crippen molar-refractivity contribution >= 4 is 23.3 Å². The van der Waals surface area contributed by atoms with Crippen molar-refractivity contribution in [2.75, 3.05) is 27.2 Å². The van der Waals surface area contributed by atoms with Gasteiger partial charge >= 0.3 is 0 Å². The molecule has 3 rings (SSSR count). The first kappa shape index (κ1) is 13.6. The number of hydrogen-bond donors (Lipinski definition) is 1. The number of imidazole rings is 1. The Morgan fingerprint density at radius 3 is 3.05 bits per heavy atom. The third-order valence-electron chi connectivity index (χ3n) is 4.14. The number of benzene rings is 1. The smallest absolute Gasteiger partial charge is 0.178 e. The van der Waals surface area contributed by atoms with Crippen LogP contribution >= 0.6 is 12.2 Å². The molecular weight excluding hydrogens is 270 g/mol. The maximum Gasteiger partial charge on any atom is 0.178 e. The van der Waals surface area contributed by atoms with E-state index >= 15 is 0 Å². The highest BCUT2D eigenvalue weighted by Gasteiger charge is 2.18. The molecule has 1 unspecified atom stereocenters. The van der Waals surface area contributed by atoms with Crippen molar-refractivity contribution in [3.8, 4) is 5.75 Å². The first-order valence-electron chi connectivity index (χ1n) is 7.12. The lowest BCUT2D eigenvalue weighted by Gasteiger charge is -2.29. The molecule has 2 aromatic rings. The molecule has 0 aliphatic carbocycles. The molecule has 0 amide bonds. The van der Waals surface area contributed by atoms with Gasteiger partial charge in [-0.3, -0.25) is 0 Å². The number of likely N-dealkylation sites (tertiary alicyclic amines) is 1. The van der Waals surface area contributed by atoms with Crippen LogP contribution < -0.4 is 4.74 Å². The molecule has 1 saturated heterocycles. The second-order valence-electron chi connectivity index (χ2n) is 5.69. The van der Waals surface area contributed by atoms with Gasteiger partial charge in [0.25, 0.3) is 0 Å². The Labute approximate surface area is 124 Å². The Hall–Kier alpha value is -1.33. The zero-order chi connectivity index (χ0) is 14.1. The van der Waals surface area contributed by atoms with Crippen LogP contribution in [0.4, 0.5) is 0 Å². The first-order chi connectivity index (χ1) is 9.67. The summed E-state index contributed by atoms with van der Waals surface area (Å²) in [4.78, 5) is 5.70. The Bertz CT molecular complexity index is 661. The van der Waals surface area contributed by atoms with E-state index in [2.05, 4.69) is 27.6 Å². The second-order valence-corrected chi connectivity index (χ2v) is 6.08. The van der Waals surface area contributed by atoms with Crippen LogP contribution in [-0.2, 0) is 6.54 Å². The van der Waals surface area contributed by atoms with Crippen molar-refractivity contribution in [2.24, 2.45) is 5.92 Å². The van der Waals surface area contributed by atoms with Gasteiger partial charge in [0.05, 0.1) is 18.1 Å². The zero-order valence-electron chi connectivity index (χ0n) is 12.1. The summed E-state index contributed by atoms with van der Waals surface area (Å²) in [6.45, 7) is 3.37.